The fraction of sp³-hybridized carbons (Fsp3) is 0.222. The van der Waals surface area contributed by atoms with Gasteiger partial charge in [0.1, 0.15) is 6.10 Å². The van der Waals surface area contributed by atoms with Crippen LogP contribution < -0.4 is 10.9 Å². The predicted molar refractivity (Wildman–Crippen MR) is 99.8 cm³/mol. The molecular formula is C18H22N4O3. The molecule has 0 aliphatic carbocycles. The van der Waals surface area contributed by atoms with E-state index >= 15 is 0 Å². The van der Waals surface area contributed by atoms with Crippen LogP contribution in [0.4, 0.5) is 11.4 Å². The highest BCUT2D eigenvalue weighted by molar-refractivity contribution is 6.31. The maximum absolute atomic E-state index is 9.90. The minimum absolute atomic E-state index is 0.0293. The second-order valence-corrected chi connectivity index (χ2v) is 5.34. The zero-order valence-corrected chi connectivity index (χ0v) is 13.7. The van der Waals surface area contributed by atoms with Crippen molar-refractivity contribution in [3.05, 3.63) is 60.7 Å². The minimum Gasteiger partial charge on any atom is -0.394 e. The van der Waals surface area contributed by atoms with E-state index < -0.39 is 18.8 Å². The molecule has 0 saturated heterocycles. The van der Waals surface area contributed by atoms with Gasteiger partial charge in [0.2, 0.25) is 0 Å². The highest BCUT2D eigenvalue weighted by Gasteiger charge is 2.17. The summed E-state index contributed by atoms with van der Waals surface area (Å²) in [6.45, 7) is -0.528. The molecular weight excluding hydrogens is 320 g/mol. The standard InChI is InChI=1S/C18H22N4O3/c23-13-18(25)17(24)11-16(22-21-15-9-5-2-6-10-15)12-19-20-14-7-3-1-4-8-14/h1-10,12,17-18,20-21,23-25H,11,13H2/t17-,18+/m0/s1. The fourth-order valence-corrected chi connectivity index (χ4v) is 1.94. The van der Waals surface area contributed by atoms with Crippen molar-refractivity contribution in [3.63, 3.8) is 0 Å². The first-order chi connectivity index (χ1) is 12.2. The summed E-state index contributed by atoms with van der Waals surface area (Å²) in [5.74, 6) is 0. The number of para-hydroxylation sites is 2. The molecule has 25 heavy (non-hydrogen) atoms. The molecule has 7 nitrogen and oxygen atoms in total. The van der Waals surface area contributed by atoms with Crippen molar-refractivity contribution in [2.24, 2.45) is 10.2 Å². The molecule has 7 heteroatoms. The molecule has 0 amide bonds. The number of hydrogen-bond donors (Lipinski definition) is 5. The van der Waals surface area contributed by atoms with E-state index in [1.165, 1.54) is 6.21 Å². The quantitative estimate of drug-likeness (QED) is 0.352. The molecule has 2 atom stereocenters. The van der Waals surface area contributed by atoms with Gasteiger partial charge in [0, 0.05) is 6.42 Å². The minimum atomic E-state index is -1.24. The van der Waals surface area contributed by atoms with Crippen LogP contribution in [-0.2, 0) is 0 Å². The first-order valence-electron chi connectivity index (χ1n) is 7.88. The van der Waals surface area contributed by atoms with Crippen molar-refractivity contribution >= 4 is 23.3 Å². The smallest absolute Gasteiger partial charge is 0.103 e. The van der Waals surface area contributed by atoms with E-state index in [2.05, 4.69) is 21.1 Å². The summed E-state index contributed by atoms with van der Waals surface area (Å²) in [4.78, 5) is 0. The Balaban J connectivity index is 2.05. The van der Waals surface area contributed by atoms with Gasteiger partial charge in [0.15, 0.2) is 0 Å². The Morgan fingerprint density at radius 3 is 2.00 bits per heavy atom. The average molecular weight is 342 g/mol. The maximum Gasteiger partial charge on any atom is 0.103 e. The Kier molecular flexibility index (Phi) is 7.58. The van der Waals surface area contributed by atoms with Crippen molar-refractivity contribution in [2.75, 3.05) is 17.5 Å². The Hall–Kier alpha value is -2.74. The zero-order valence-electron chi connectivity index (χ0n) is 13.7. The summed E-state index contributed by atoms with van der Waals surface area (Å²) in [6.07, 6.45) is -0.903. The van der Waals surface area contributed by atoms with Gasteiger partial charge in [0.25, 0.3) is 0 Å². The first kappa shape index (κ1) is 18.6. The largest absolute Gasteiger partial charge is 0.394 e. The van der Waals surface area contributed by atoms with Crippen LogP contribution in [0.5, 0.6) is 0 Å². The highest BCUT2D eigenvalue weighted by Crippen LogP contribution is 2.07. The third-order valence-electron chi connectivity index (χ3n) is 3.33. The van der Waals surface area contributed by atoms with Crippen LogP contribution in [0.25, 0.3) is 0 Å². The van der Waals surface area contributed by atoms with Crippen LogP contribution in [0.2, 0.25) is 0 Å². The van der Waals surface area contributed by atoms with Crippen LogP contribution in [0, 0.1) is 0 Å². The summed E-state index contributed by atoms with van der Waals surface area (Å²) in [6, 6.07) is 18.7. The van der Waals surface area contributed by atoms with E-state index in [0.717, 1.165) is 11.4 Å². The number of nitrogens with one attached hydrogen (secondary N) is 2. The molecule has 0 fully saturated rings. The molecule has 0 aliphatic heterocycles. The van der Waals surface area contributed by atoms with Gasteiger partial charge in [0.05, 0.1) is 36.0 Å². The molecule has 0 spiro atoms. The second kappa shape index (κ2) is 10.2. The number of aliphatic hydroxyl groups excluding tert-OH is 3. The highest BCUT2D eigenvalue weighted by atomic mass is 16.4. The van der Waals surface area contributed by atoms with E-state index in [1.54, 1.807) is 0 Å². The lowest BCUT2D eigenvalue weighted by atomic mass is 10.1. The number of hydrogen-bond acceptors (Lipinski definition) is 7. The number of hydrazone groups is 2. The van der Waals surface area contributed by atoms with Crippen molar-refractivity contribution < 1.29 is 15.3 Å². The molecule has 2 rings (SSSR count). The van der Waals surface area contributed by atoms with E-state index in [0.29, 0.717) is 5.71 Å². The van der Waals surface area contributed by atoms with Crippen molar-refractivity contribution in [1.29, 1.82) is 0 Å². The summed E-state index contributed by atoms with van der Waals surface area (Å²) in [5.41, 5.74) is 7.73. The molecule has 2 aromatic rings. The zero-order chi connectivity index (χ0) is 17.9. The Labute approximate surface area is 146 Å². The van der Waals surface area contributed by atoms with E-state index in [1.807, 2.05) is 60.7 Å². The number of nitrogens with zero attached hydrogens (tertiary/aromatic N) is 2. The topological polar surface area (TPSA) is 109 Å². The Morgan fingerprint density at radius 2 is 1.44 bits per heavy atom. The van der Waals surface area contributed by atoms with E-state index in [-0.39, 0.29) is 6.42 Å². The van der Waals surface area contributed by atoms with Crippen molar-refractivity contribution in [1.82, 2.24) is 0 Å². The number of anilines is 2. The number of rotatable bonds is 9. The van der Waals surface area contributed by atoms with Gasteiger partial charge in [-0.15, -0.1) is 0 Å². The van der Waals surface area contributed by atoms with Gasteiger partial charge in [-0.25, -0.2) is 0 Å². The average Bonchev–Trinajstić information content (AvgIpc) is 2.66. The third kappa shape index (κ3) is 6.72. The van der Waals surface area contributed by atoms with Gasteiger partial charge in [-0.05, 0) is 24.3 Å². The maximum atomic E-state index is 9.90. The first-order valence-corrected chi connectivity index (χ1v) is 7.88. The van der Waals surface area contributed by atoms with Crippen LogP contribution in [0.15, 0.2) is 70.9 Å². The third-order valence-corrected chi connectivity index (χ3v) is 3.33. The lowest BCUT2D eigenvalue weighted by Crippen LogP contribution is -2.32. The Morgan fingerprint density at radius 1 is 0.880 bits per heavy atom. The van der Waals surface area contributed by atoms with Crippen LogP contribution in [-0.4, -0.2) is 46.1 Å². The lowest BCUT2D eigenvalue weighted by molar-refractivity contribution is -0.00971. The SMILES string of the molecule is OC[C@@H](O)[C@@H](O)CC(C=NNc1ccccc1)=NNc1ccccc1. The molecule has 0 heterocycles. The fourth-order valence-electron chi connectivity index (χ4n) is 1.94. The van der Waals surface area contributed by atoms with Crippen molar-refractivity contribution in [3.8, 4) is 0 Å². The predicted octanol–water partition coefficient (Wildman–Crippen LogP) is 1.66. The summed E-state index contributed by atoms with van der Waals surface area (Å²) >= 11 is 0. The Bertz CT molecular complexity index is 677. The molecule has 0 aliphatic rings. The number of aliphatic hydroxyl groups is 3. The molecule has 2 aromatic carbocycles. The van der Waals surface area contributed by atoms with E-state index in [9.17, 15) is 10.2 Å². The summed E-state index contributed by atoms with van der Waals surface area (Å²) in [5, 5.41) is 36.7. The van der Waals surface area contributed by atoms with Gasteiger partial charge in [-0.3, -0.25) is 10.9 Å². The van der Waals surface area contributed by atoms with Gasteiger partial charge < -0.3 is 15.3 Å². The summed E-state index contributed by atoms with van der Waals surface area (Å²) in [7, 11) is 0. The van der Waals surface area contributed by atoms with Crippen LogP contribution in [0.1, 0.15) is 6.42 Å². The monoisotopic (exact) mass is 342 g/mol. The van der Waals surface area contributed by atoms with Gasteiger partial charge in [-0.2, -0.15) is 10.2 Å². The molecule has 0 unspecified atom stereocenters. The molecule has 0 saturated carbocycles. The molecule has 132 valence electrons. The van der Waals surface area contributed by atoms with E-state index in [4.69, 9.17) is 5.11 Å². The lowest BCUT2D eigenvalue weighted by Gasteiger charge is -2.15. The molecule has 0 radical (unpaired) electrons. The van der Waals surface area contributed by atoms with Crippen LogP contribution in [0.3, 0.4) is 0 Å². The second-order valence-electron chi connectivity index (χ2n) is 5.34. The van der Waals surface area contributed by atoms with Crippen LogP contribution >= 0.6 is 0 Å². The summed E-state index contributed by atoms with van der Waals surface area (Å²) < 4.78 is 0. The number of benzene rings is 2. The molecule has 0 bridgehead atoms. The molecule has 5 N–H and O–H groups in total. The van der Waals surface area contributed by atoms with Gasteiger partial charge in [-0.1, -0.05) is 36.4 Å². The van der Waals surface area contributed by atoms with Crippen molar-refractivity contribution in [2.45, 2.75) is 18.6 Å². The molecule has 0 aromatic heterocycles. The normalized spacial score (nSPS) is 14.3. The van der Waals surface area contributed by atoms with Gasteiger partial charge >= 0.3 is 0 Å².